The number of benzene rings is 1. The Labute approximate surface area is 125 Å². The van der Waals surface area contributed by atoms with E-state index in [9.17, 15) is 0 Å². The van der Waals surface area contributed by atoms with E-state index in [4.69, 9.17) is 44.1 Å². The molecule has 0 N–H and O–H groups in total. The van der Waals surface area contributed by atoms with E-state index in [1.165, 1.54) is 11.4 Å². The third-order valence-corrected chi connectivity index (χ3v) is 10.1. The summed E-state index contributed by atoms with van der Waals surface area (Å²) < 4.78 is 10.3. The van der Waals surface area contributed by atoms with Crippen molar-refractivity contribution in [3.63, 3.8) is 0 Å². The van der Waals surface area contributed by atoms with E-state index in [1.54, 1.807) is 32.0 Å². The van der Waals surface area contributed by atoms with Crippen molar-refractivity contribution >= 4 is 63.8 Å². The van der Waals surface area contributed by atoms with Gasteiger partial charge in [-0.3, -0.25) is 0 Å². The van der Waals surface area contributed by atoms with Crippen LogP contribution in [0.1, 0.15) is 0 Å². The Bertz CT molecular complexity index is 423. The Balaban J connectivity index is 2.57. The first-order valence-electron chi connectivity index (χ1n) is 4.45. The highest BCUT2D eigenvalue weighted by Gasteiger charge is 2.16. The quantitative estimate of drug-likeness (QED) is 0.393. The van der Waals surface area contributed by atoms with Gasteiger partial charge in [-0.05, 0) is 23.9 Å². The molecule has 17 heavy (non-hydrogen) atoms. The topological polar surface area (TPSA) is 18.5 Å². The monoisotopic (exact) mass is 348 g/mol. The molecule has 0 fully saturated rings. The molecule has 0 saturated heterocycles. The fourth-order valence-electron chi connectivity index (χ4n) is 0.930. The van der Waals surface area contributed by atoms with Gasteiger partial charge in [-0.2, -0.15) is 0 Å². The summed E-state index contributed by atoms with van der Waals surface area (Å²) in [6, 6.07) is 5.54. The molecule has 1 rings (SSSR count). The molecule has 1 aromatic rings. The zero-order valence-corrected chi connectivity index (χ0v) is 14.0. The molecule has 0 aliphatic rings. The number of rotatable bonds is 6. The minimum Gasteiger partial charge on any atom is -0.325 e. The highest BCUT2D eigenvalue weighted by atomic mass is 35.5. The van der Waals surface area contributed by atoms with Gasteiger partial charge in [0, 0.05) is 19.1 Å². The van der Waals surface area contributed by atoms with Gasteiger partial charge >= 0.3 is 0 Å². The van der Waals surface area contributed by atoms with Crippen LogP contribution < -0.4 is 0 Å². The molecule has 0 saturated carbocycles. The van der Waals surface area contributed by atoms with Crippen molar-refractivity contribution < 1.29 is 9.05 Å². The number of hydrogen-bond acceptors (Lipinski definition) is 5. The number of hydrogen-bond donors (Lipinski definition) is 0. The van der Waals surface area contributed by atoms with E-state index in [0.29, 0.717) is 15.1 Å². The van der Waals surface area contributed by atoms with Crippen LogP contribution in [0.2, 0.25) is 10.0 Å². The number of thioether (sulfide) groups is 1. The molecule has 0 aliphatic heterocycles. The van der Waals surface area contributed by atoms with Crippen molar-refractivity contribution in [1.29, 1.82) is 0 Å². The van der Waals surface area contributed by atoms with E-state index in [1.807, 2.05) is 12.1 Å². The van der Waals surface area contributed by atoms with E-state index >= 15 is 0 Å². The summed E-state index contributed by atoms with van der Waals surface area (Å²) in [6.07, 6.45) is 0. The van der Waals surface area contributed by atoms with Crippen molar-refractivity contribution in [2.24, 2.45) is 0 Å². The first kappa shape index (κ1) is 16.1. The molecule has 0 aliphatic carbocycles. The van der Waals surface area contributed by atoms with Crippen molar-refractivity contribution in [3.05, 3.63) is 28.2 Å². The van der Waals surface area contributed by atoms with Gasteiger partial charge in [0.1, 0.15) is 0 Å². The summed E-state index contributed by atoms with van der Waals surface area (Å²) in [5, 5.41) is 1.83. The van der Waals surface area contributed by atoms with Gasteiger partial charge in [-0.25, -0.2) is 0 Å². The second kappa shape index (κ2) is 7.61. The standard InChI is InChI=1S/C9H11Cl2O2PS3/c1-12-14(15,13-2)17-6-16-8-5-3-4-7(10)9(8)11/h3-5H,6H2,1-2H3. The third kappa shape index (κ3) is 4.92. The van der Waals surface area contributed by atoms with Crippen LogP contribution in [-0.2, 0) is 20.9 Å². The maximum atomic E-state index is 6.07. The molecule has 0 spiro atoms. The van der Waals surface area contributed by atoms with Crippen LogP contribution in [0.5, 0.6) is 0 Å². The molecule has 0 aromatic heterocycles. The lowest BCUT2D eigenvalue weighted by Crippen LogP contribution is -1.84. The first-order chi connectivity index (χ1) is 8.02. The summed E-state index contributed by atoms with van der Waals surface area (Å²) in [5.41, 5.74) is -2.19. The fourth-order valence-corrected chi connectivity index (χ4v) is 6.89. The Morgan fingerprint density at radius 2 is 1.94 bits per heavy atom. The summed E-state index contributed by atoms with van der Waals surface area (Å²) in [5.74, 6) is 0. The predicted molar refractivity (Wildman–Crippen MR) is 83.1 cm³/mol. The minimum absolute atomic E-state index is 0.555. The van der Waals surface area contributed by atoms with Crippen LogP contribution in [0.15, 0.2) is 23.1 Å². The lowest BCUT2D eigenvalue weighted by Gasteiger charge is -2.16. The lowest BCUT2D eigenvalue weighted by atomic mass is 10.4. The Kier molecular flexibility index (Phi) is 7.22. The molecular formula is C9H11Cl2O2PS3. The molecular weight excluding hydrogens is 338 g/mol. The highest BCUT2D eigenvalue weighted by Crippen LogP contribution is 2.61. The van der Waals surface area contributed by atoms with E-state index in [-0.39, 0.29) is 0 Å². The van der Waals surface area contributed by atoms with Crippen LogP contribution in [-0.4, -0.2) is 19.3 Å². The van der Waals surface area contributed by atoms with Gasteiger partial charge in [0.2, 0.25) is 5.69 Å². The van der Waals surface area contributed by atoms with Gasteiger partial charge in [-0.15, -0.1) is 11.8 Å². The number of halogens is 2. The average molecular weight is 349 g/mol. The molecule has 2 nitrogen and oxygen atoms in total. The molecule has 0 atom stereocenters. The summed E-state index contributed by atoms with van der Waals surface area (Å²) in [4.78, 5) is 0.931. The highest BCUT2D eigenvalue weighted by molar-refractivity contribution is 8.69. The largest absolute Gasteiger partial charge is 0.325 e. The van der Waals surface area contributed by atoms with Crippen LogP contribution in [0, 0.1) is 0 Å². The van der Waals surface area contributed by atoms with Crippen LogP contribution in [0.3, 0.4) is 0 Å². The Morgan fingerprint density at radius 3 is 2.53 bits per heavy atom. The minimum atomic E-state index is -2.19. The van der Waals surface area contributed by atoms with Crippen molar-refractivity contribution in [3.8, 4) is 0 Å². The normalized spacial score (nSPS) is 11.8. The van der Waals surface area contributed by atoms with E-state index < -0.39 is 5.69 Å². The van der Waals surface area contributed by atoms with Gasteiger partial charge in [0.05, 0.1) is 15.1 Å². The van der Waals surface area contributed by atoms with Crippen molar-refractivity contribution in [2.45, 2.75) is 4.90 Å². The smallest absolute Gasteiger partial charge is 0.247 e. The van der Waals surface area contributed by atoms with E-state index in [2.05, 4.69) is 0 Å². The van der Waals surface area contributed by atoms with Gasteiger partial charge in [-0.1, -0.05) is 40.6 Å². The van der Waals surface area contributed by atoms with Crippen molar-refractivity contribution in [1.82, 2.24) is 0 Å². The molecule has 0 heterocycles. The van der Waals surface area contributed by atoms with Crippen LogP contribution in [0.4, 0.5) is 0 Å². The second-order valence-corrected chi connectivity index (χ2v) is 11.4. The lowest BCUT2D eigenvalue weighted by molar-refractivity contribution is 0.354. The molecule has 0 amide bonds. The summed E-state index contributed by atoms with van der Waals surface area (Å²) >= 11 is 20.3. The second-order valence-electron chi connectivity index (χ2n) is 2.76. The Morgan fingerprint density at radius 1 is 1.29 bits per heavy atom. The van der Waals surface area contributed by atoms with Crippen molar-refractivity contribution in [2.75, 3.05) is 19.3 Å². The molecule has 0 radical (unpaired) electrons. The fraction of sp³-hybridized carbons (Fsp3) is 0.333. The molecule has 8 heteroatoms. The first-order valence-corrected chi connectivity index (χ1v) is 10.4. The zero-order valence-electron chi connectivity index (χ0n) is 9.18. The maximum absolute atomic E-state index is 6.07. The predicted octanol–water partition coefficient (Wildman–Crippen LogP) is 5.29. The summed E-state index contributed by atoms with van der Waals surface area (Å²) in [7, 11) is 3.13. The van der Waals surface area contributed by atoms with Crippen LogP contribution >= 0.6 is 52.0 Å². The van der Waals surface area contributed by atoms with Gasteiger partial charge < -0.3 is 9.05 Å². The van der Waals surface area contributed by atoms with Gasteiger partial charge in [0.15, 0.2) is 0 Å². The SMILES string of the molecule is COP(=S)(OC)SCSc1cccc(Cl)c1Cl. The average Bonchev–Trinajstić information content (AvgIpc) is 2.34. The third-order valence-electron chi connectivity index (χ3n) is 1.79. The van der Waals surface area contributed by atoms with E-state index in [0.717, 1.165) is 4.90 Å². The zero-order chi connectivity index (χ0) is 12.9. The van der Waals surface area contributed by atoms with Gasteiger partial charge in [0.25, 0.3) is 0 Å². The molecule has 0 unspecified atom stereocenters. The Hall–Kier alpha value is 1.07. The maximum Gasteiger partial charge on any atom is 0.247 e. The molecule has 1 aromatic carbocycles. The molecule has 0 bridgehead atoms. The summed E-state index contributed by atoms with van der Waals surface area (Å²) in [6.45, 7) is 0. The molecule has 96 valence electrons. The van der Waals surface area contributed by atoms with Crippen LogP contribution in [0.25, 0.3) is 0 Å².